The largest absolute Gasteiger partial charge is 0.415 e. The van der Waals surface area contributed by atoms with Crippen molar-refractivity contribution in [3.8, 4) is 0 Å². The number of anilines is 1. The van der Waals surface area contributed by atoms with Gasteiger partial charge in [-0.05, 0) is 56.0 Å². The highest BCUT2D eigenvalue weighted by Crippen LogP contribution is 2.36. The molecule has 2 atom stereocenters. The van der Waals surface area contributed by atoms with Crippen molar-refractivity contribution in [2.45, 2.75) is 65.8 Å². The van der Waals surface area contributed by atoms with Gasteiger partial charge in [-0.15, -0.1) is 0 Å². The zero-order chi connectivity index (χ0) is 15.6. The van der Waals surface area contributed by atoms with Gasteiger partial charge in [0.15, 0.2) is 9.04 Å². The lowest BCUT2D eigenvalue weighted by atomic mass is 9.83. The minimum atomic E-state index is -1.04. The third-order valence-electron chi connectivity index (χ3n) is 4.25. The van der Waals surface area contributed by atoms with Gasteiger partial charge in [-0.3, -0.25) is 0 Å². The Morgan fingerprint density at radius 1 is 1.29 bits per heavy atom. The second-order valence-corrected chi connectivity index (χ2v) is 10.1. The van der Waals surface area contributed by atoms with Gasteiger partial charge >= 0.3 is 0 Å². The molecule has 1 aliphatic rings. The van der Waals surface area contributed by atoms with Crippen molar-refractivity contribution >= 4 is 14.7 Å². The van der Waals surface area contributed by atoms with Gasteiger partial charge in [0.1, 0.15) is 0 Å². The molecule has 0 bridgehead atoms. The maximum atomic E-state index is 6.48. The van der Waals surface area contributed by atoms with E-state index in [1.165, 1.54) is 24.1 Å². The van der Waals surface area contributed by atoms with E-state index in [0.29, 0.717) is 12.1 Å². The molecule has 1 fully saturated rings. The van der Waals surface area contributed by atoms with Crippen LogP contribution in [-0.4, -0.2) is 27.7 Å². The summed E-state index contributed by atoms with van der Waals surface area (Å²) in [6.45, 7) is 14.9. The molecule has 0 radical (unpaired) electrons. The molecule has 1 saturated heterocycles. The highest BCUT2D eigenvalue weighted by molar-refractivity contribution is 6.48. The SMILES string of the molecule is Cc1cccc(N2CCC[C@@H]2C(O[SiH](C)C)C(C)(C)C)c1. The predicted molar refractivity (Wildman–Crippen MR) is 94.8 cm³/mol. The van der Waals surface area contributed by atoms with E-state index in [2.05, 4.69) is 70.0 Å². The molecule has 2 rings (SSSR count). The second kappa shape index (κ2) is 6.53. The molecule has 21 heavy (non-hydrogen) atoms. The molecule has 118 valence electrons. The molecule has 0 amide bonds. The van der Waals surface area contributed by atoms with Crippen LogP contribution in [0.1, 0.15) is 39.2 Å². The standard InChI is InChI=1S/C18H31NOSi/c1-14-9-7-10-15(13-14)19-12-8-11-16(19)17(18(2,3)4)20-21(5)6/h7,9-10,13,16-17,21H,8,11-12H2,1-6H3/t16-,17?/m1/s1. The Morgan fingerprint density at radius 2 is 2.00 bits per heavy atom. The fraction of sp³-hybridized carbons (Fsp3) is 0.667. The van der Waals surface area contributed by atoms with Gasteiger partial charge in [0, 0.05) is 12.2 Å². The lowest BCUT2D eigenvalue weighted by Crippen LogP contribution is -2.49. The van der Waals surface area contributed by atoms with Crippen LogP contribution in [0.2, 0.25) is 13.1 Å². The van der Waals surface area contributed by atoms with Crippen molar-refractivity contribution in [3.63, 3.8) is 0 Å². The van der Waals surface area contributed by atoms with Crippen LogP contribution < -0.4 is 4.90 Å². The van der Waals surface area contributed by atoms with Gasteiger partial charge in [-0.2, -0.15) is 0 Å². The van der Waals surface area contributed by atoms with Crippen LogP contribution in [0.25, 0.3) is 0 Å². The first-order chi connectivity index (χ1) is 9.79. The summed E-state index contributed by atoms with van der Waals surface area (Å²) in [6.07, 6.45) is 2.85. The van der Waals surface area contributed by atoms with Crippen molar-refractivity contribution in [1.82, 2.24) is 0 Å². The van der Waals surface area contributed by atoms with E-state index in [9.17, 15) is 0 Å². The average molecular weight is 306 g/mol. The van der Waals surface area contributed by atoms with Crippen molar-refractivity contribution in [2.75, 3.05) is 11.4 Å². The van der Waals surface area contributed by atoms with Crippen molar-refractivity contribution < 1.29 is 4.43 Å². The zero-order valence-electron chi connectivity index (χ0n) is 14.5. The summed E-state index contributed by atoms with van der Waals surface area (Å²) in [4.78, 5) is 2.58. The summed E-state index contributed by atoms with van der Waals surface area (Å²) in [7, 11) is -1.04. The fourth-order valence-electron chi connectivity index (χ4n) is 3.40. The van der Waals surface area contributed by atoms with Crippen molar-refractivity contribution in [1.29, 1.82) is 0 Å². The van der Waals surface area contributed by atoms with Gasteiger partial charge in [0.25, 0.3) is 0 Å². The van der Waals surface area contributed by atoms with Crippen LogP contribution in [-0.2, 0) is 4.43 Å². The van der Waals surface area contributed by atoms with Crippen LogP contribution >= 0.6 is 0 Å². The lowest BCUT2D eigenvalue weighted by molar-refractivity contribution is 0.0637. The normalized spacial score (nSPS) is 21.1. The molecule has 0 aliphatic carbocycles. The van der Waals surface area contributed by atoms with Gasteiger partial charge in [0.2, 0.25) is 0 Å². The highest BCUT2D eigenvalue weighted by Gasteiger charge is 2.39. The third-order valence-corrected chi connectivity index (χ3v) is 5.09. The van der Waals surface area contributed by atoms with E-state index in [4.69, 9.17) is 4.43 Å². The molecule has 0 spiro atoms. The van der Waals surface area contributed by atoms with Gasteiger partial charge < -0.3 is 9.33 Å². The summed E-state index contributed by atoms with van der Waals surface area (Å²) >= 11 is 0. The predicted octanol–water partition coefficient (Wildman–Crippen LogP) is 4.38. The van der Waals surface area contributed by atoms with Gasteiger partial charge in [-0.1, -0.05) is 32.9 Å². The molecular formula is C18H31NOSi. The smallest absolute Gasteiger partial charge is 0.171 e. The number of aryl methyl sites for hydroxylation is 1. The number of hydrogen-bond donors (Lipinski definition) is 0. The quantitative estimate of drug-likeness (QED) is 0.766. The Hall–Kier alpha value is -0.803. The van der Waals surface area contributed by atoms with Crippen LogP contribution in [0, 0.1) is 12.3 Å². The molecule has 3 heteroatoms. The Kier molecular flexibility index (Phi) is 5.15. The molecule has 0 saturated carbocycles. The molecule has 1 aliphatic heterocycles. The number of hydrogen-bond acceptors (Lipinski definition) is 2. The first kappa shape index (κ1) is 16.6. The Labute approximate surface area is 132 Å². The van der Waals surface area contributed by atoms with E-state index >= 15 is 0 Å². The maximum Gasteiger partial charge on any atom is 0.171 e. The Balaban J connectivity index is 2.27. The second-order valence-electron chi connectivity index (χ2n) is 7.71. The molecule has 1 unspecified atom stereocenters. The van der Waals surface area contributed by atoms with E-state index < -0.39 is 9.04 Å². The monoisotopic (exact) mass is 305 g/mol. The average Bonchev–Trinajstić information content (AvgIpc) is 2.83. The molecule has 2 nitrogen and oxygen atoms in total. The molecule has 1 aromatic carbocycles. The molecule has 1 heterocycles. The Morgan fingerprint density at radius 3 is 2.57 bits per heavy atom. The van der Waals surface area contributed by atoms with Crippen LogP contribution in [0.5, 0.6) is 0 Å². The van der Waals surface area contributed by atoms with Gasteiger partial charge in [0.05, 0.1) is 12.1 Å². The van der Waals surface area contributed by atoms with Crippen molar-refractivity contribution in [2.24, 2.45) is 5.41 Å². The minimum Gasteiger partial charge on any atom is -0.415 e. The number of benzene rings is 1. The Bertz CT molecular complexity index is 467. The molecule has 1 aromatic rings. The highest BCUT2D eigenvalue weighted by atomic mass is 28.3. The van der Waals surface area contributed by atoms with Crippen molar-refractivity contribution in [3.05, 3.63) is 29.8 Å². The third kappa shape index (κ3) is 4.10. The molecular weight excluding hydrogens is 274 g/mol. The van der Waals surface area contributed by atoms with E-state index in [1.807, 2.05) is 0 Å². The van der Waals surface area contributed by atoms with Gasteiger partial charge in [-0.25, -0.2) is 0 Å². The zero-order valence-corrected chi connectivity index (χ0v) is 15.7. The molecule has 0 aromatic heterocycles. The fourth-order valence-corrected chi connectivity index (χ4v) is 4.58. The minimum absolute atomic E-state index is 0.189. The summed E-state index contributed by atoms with van der Waals surface area (Å²) in [5, 5.41) is 0. The lowest BCUT2D eigenvalue weighted by Gasteiger charge is -2.41. The summed E-state index contributed by atoms with van der Waals surface area (Å²) in [5.41, 5.74) is 2.89. The summed E-state index contributed by atoms with van der Waals surface area (Å²) < 4.78 is 6.48. The summed E-state index contributed by atoms with van der Waals surface area (Å²) in [5.74, 6) is 0. The summed E-state index contributed by atoms with van der Waals surface area (Å²) in [6, 6.07) is 9.42. The topological polar surface area (TPSA) is 12.5 Å². The van der Waals surface area contributed by atoms with E-state index in [-0.39, 0.29) is 5.41 Å². The van der Waals surface area contributed by atoms with Crippen LogP contribution in [0.15, 0.2) is 24.3 Å². The van der Waals surface area contributed by atoms with Crippen LogP contribution in [0.4, 0.5) is 5.69 Å². The van der Waals surface area contributed by atoms with Crippen LogP contribution in [0.3, 0.4) is 0 Å². The maximum absolute atomic E-state index is 6.48. The van der Waals surface area contributed by atoms with E-state index in [1.54, 1.807) is 0 Å². The first-order valence-corrected chi connectivity index (χ1v) is 11.1. The van der Waals surface area contributed by atoms with E-state index in [0.717, 1.165) is 6.54 Å². The number of rotatable bonds is 4. The number of nitrogens with zero attached hydrogens (tertiary/aromatic N) is 1. The first-order valence-electron chi connectivity index (χ1n) is 8.28. The molecule has 0 N–H and O–H groups in total.